The topological polar surface area (TPSA) is 38.5 Å². The van der Waals surface area contributed by atoms with Crippen molar-refractivity contribution < 1.29 is 4.74 Å². The standard InChI is InChI=1S/C13H28N2O/c1-10-9-15(7-6-12(10)14)11(2)8-13(3,4)16-5/h10-12H,6-9,14H2,1-5H3. The van der Waals surface area contributed by atoms with Crippen LogP contribution in [0.4, 0.5) is 0 Å². The van der Waals surface area contributed by atoms with E-state index in [2.05, 4.69) is 32.6 Å². The van der Waals surface area contributed by atoms with Crippen LogP contribution in [0.1, 0.15) is 40.5 Å². The predicted octanol–water partition coefficient (Wildman–Crippen LogP) is 1.86. The number of piperidine rings is 1. The molecular weight excluding hydrogens is 200 g/mol. The first-order chi connectivity index (χ1) is 7.35. The molecule has 0 aromatic carbocycles. The minimum Gasteiger partial charge on any atom is -0.379 e. The van der Waals surface area contributed by atoms with E-state index >= 15 is 0 Å². The molecule has 0 radical (unpaired) electrons. The quantitative estimate of drug-likeness (QED) is 0.798. The van der Waals surface area contributed by atoms with E-state index in [0.717, 1.165) is 25.9 Å². The van der Waals surface area contributed by atoms with E-state index < -0.39 is 0 Å². The fourth-order valence-electron chi connectivity index (χ4n) is 2.52. The summed E-state index contributed by atoms with van der Waals surface area (Å²) in [4.78, 5) is 2.55. The molecule has 0 aromatic rings. The van der Waals surface area contributed by atoms with E-state index in [1.807, 2.05) is 0 Å². The molecule has 96 valence electrons. The molecule has 1 saturated heterocycles. The van der Waals surface area contributed by atoms with Gasteiger partial charge in [0, 0.05) is 25.7 Å². The van der Waals surface area contributed by atoms with Crippen molar-refractivity contribution >= 4 is 0 Å². The summed E-state index contributed by atoms with van der Waals surface area (Å²) in [6, 6.07) is 0.962. The Balaban J connectivity index is 2.46. The zero-order valence-electron chi connectivity index (χ0n) is 11.5. The van der Waals surface area contributed by atoms with Gasteiger partial charge in [-0.15, -0.1) is 0 Å². The van der Waals surface area contributed by atoms with Crippen molar-refractivity contribution in [1.82, 2.24) is 4.90 Å². The number of methoxy groups -OCH3 is 1. The Hall–Kier alpha value is -0.120. The van der Waals surface area contributed by atoms with Gasteiger partial charge in [-0.3, -0.25) is 0 Å². The number of hydrogen-bond donors (Lipinski definition) is 1. The van der Waals surface area contributed by atoms with Crippen LogP contribution in [0.15, 0.2) is 0 Å². The van der Waals surface area contributed by atoms with Crippen LogP contribution in [0.3, 0.4) is 0 Å². The summed E-state index contributed by atoms with van der Waals surface area (Å²) in [6.45, 7) is 11.1. The molecular formula is C13H28N2O. The Morgan fingerprint density at radius 3 is 2.62 bits per heavy atom. The fraction of sp³-hybridized carbons (Fsp3) is 1.00. The maximum atomic E-state index is 6.04. The van der Waals surface area contributed by atoms with Crippen molar-refractivity contribution in [2.24, 2.45) is 11.7 Å². The monoisotopic (exact) mass is 228 g/mol. The van der Waals surface area contributed by atoms with Gasteiger partial charge in [-0.1, -0.05) is 6.92 Å². The smallest absolute Gasteiger partial charge is 0.0637 e. The molecule has 16 heavy (non-hydrogen) atoms. The third kappa shape index (κ3) is 3.72. The van der Waals surface area contributed by atoms with E-state index in [1.165, 1.54) is 0 Å². The summed E-state index contributed by atoms with van der Waals surface area (Å²) in [5.74, 6) is 0.613. The minimum absolute atomic E-state index is 0.0256. The Bertz CT molecular complexity index is 218. The first-order valence-electron chi connectivity index (χ1n) is 6.40. The summed E-state index contributed by atoms with van der Waals surface area (Å²) < 4.78 is 5.50. The zero-order valence-corrected chi connectivity index (χ0v) is 11.5. The minimum atomic E-state index is -0.0256. The molecule has 0 aliphatic carbocycles. The number of ether oxygens (including phenoxy) is 1. The molecule has 0 bridgehead atoms. The van der Waals surface area contributed by atoms with Crippen LogP contribution in [0.5, 0.6) is 0 Å². The molecule has 2 N–H and O–H groups in total. The number of rotatable bonds is 4. The first kappa shape index (κ1) is 13.9. The van der Waals surface area contributed by atoms with E-state index in [9.17, 15) is 0 Å². The van der Waals surface area contributed by atoms with Crippen molar-refractivity contribution in [3.63, 3.8) is 0 Å². The van der Waals surface area contributed by atoms with Gasteiger partial charge in [0.15, 0.2) is 0 Å². The second-order valence-corrected chi connectivity index (χ2v) is 5.94. The molecule has 0 spiro atoms. The summed E-state index contributed by atoms with van der Waals surface area (Å²) in [6.07, 6.45) is 2.20. The van der Waals surface area contributed by atoms with Crippen molar-refractivity contribution in [1.29, 1.82) is 0 Å². The molecule has 1 heterocycles. The molecule has 3 heteroatoms. The van der Waals surface area contributed by atoms with Gasteiger partial charge in [0.1, 0.15) is 0 Å². The van der Waals surface area contributed by atoms with Gasteiger partial charge in [-0.05, 0) is 46.1 Å². The van der Waals surface area contributed by atoms with Crippen molar-refractivity contribution in [2.75, 3.05) is 20.2 Å². The molecule has 3 atom stereocenters. The van der Waals surface area contributed by atoms with Gasteiger partial charge in [0.2, 0.25) is 0 Å². The Morgan fingerprint density at radius 1 is 1.50 bits per heavy atom. The van der Waals surface area contributed by atoms with Crippen LogP contribution < -0.4 is 5.73 Å². The summed E-state index contributed by atoms with van der Waals surface area (Å²) in [5.41, 5.74) is 6.02. The molecule has 0 amide bonds. The van der Waals surface area contributed by atoms with Crippen LogP contribution in [0.2, 0.25) is 0 Å². The van der Waals surface area contributed by atoms with Gasteiger partial charge in [-0.25, -0.2) is 0 Å². The lowest BCUT2D eigenvalue weighted by atomic mass is 9.91. The second-order valence-electron chi connectivity index (χ2n) is 5.94. The average Bonchev–Trinajstić information content (AvgIpc) is 2.21. The molecule has 1 fully saturated rings. The van der Waals surface area contributed by atoms with Crippen LogP contribution in [0.25, 0.3) is 0 Å². The first-order valence-corrected chi connectivity index (χ1v) is 6.40. The highest BCUT2D eigenvalue weighted by Gasteiger charge is 2.29. The van der Waals surface area contributed by atoms with Gasteiger partial charge >= 0.3 is 0 Å². The maximum absolute atomic E-state index is 6.04. The number of likely N-dealkylation sites (tertiary alicyclic amines) is 1. The number of nitrogens with two attached hydrogens (primary N) is 1. The fourth-order valence-corrected chi connectivity index (χ4v) is 2.52. The normalized spacial score (nSPS) is 30.4. The molecule has 1 rings (SSSR count). The SMILES string of the molecule is COC(C)(C)CC(C)N1CCC(N)C(C)C1. The summed E-state index contributed by atoms with van der Waals surface area (Å²) in [7, 11) is 1.79. The zero-order chi connectivity index (χ0) is 12.3. The van der Waals surface area contributed by atoms with Gasteiger partial charge in [-0.2, -0.15) is 0 Å². The van der Waals surface area contributed by atoms with E-state index in [1.54, 1.807) is 7.11 Å². The van der Waals surface area contributed by atoms with Crippen LogP contribution in [0, 0.1) is 5.92 Å². The molecule has 3 nitrogen and oxygen atoms in total. The Kier molecular flexibility index (Phi) is 4.77. The van der Waals surface area contributed by atoms with Gasteiger partial charge in [0.25, 0.3) is 0 Å². The van der Waals surface area contributed by atoms with E-state index in [0.29, 0.717) is 18.0 Å². The van der Waals surface area contributed by atoms with Gasteiger partial charge < -0.3 is 15.4 Å². The number of nitrogens with zero attached hydrogens (tertiary/aromatic N) is 1. The van der Waals surface area contributed by atoms with E-state index in [4.69, 9.17) is 10.5 Å². The summed E-state index contributed by atoms with van der Waals surface area (Å²) >= 11 is 0. The third-order valence-corrected chi connectivity index (χ3v) is 3.97. The predicted molar refractivity (Wildman–Crippen MR) is 68.5 cm³/mol. The molecule has 0 aromatic heterocycles. The lowest BCUT2D eigenvalue weighted by Crippen LogP contribution is -2.50. The largest absolute Gasteiger partial charge is 0.379 e. The van der Waals surface area contributed by atoms with Crippen molar-refractivity contribution in [3.05, 3.63) is 0 Å². The van der Waals surface area contributed by atoms with Crippen LogP contribution in [-0.2, 0) is 4.74 Å². The third-order valence-electron chi connectivity index (χ3n) is 3.97. The average molecular weight is 228 g/mol. The lowest BCUT2D eigenvalue weighted by Gasteiger charge is -2.40. The van der Waals surface area contributed by atoms with Gasteiger partial charge in [0.05, 0.1) is 5.60 Å². The second kappa shape index (κ2) is 5.48. The number of hydrogen-bond acceptors (Lipinski definition) is 3. The van der Waals surface area contributed by atoms with Crippen LogP contribution >= 0.6 is 0 Å². The Morgan fingerprint density at radius 2 is 2.12 bits per heavy atom. The summed E-state index contributed by atoms with van der Waals surface area (Å²) in [5, 5.41) is 0. The highest BCUT2D eigenvalue weighted by molar-refractivity contribution is 4.85. The molecule has 0 saturated carbocycles. The molecule has 1 aliphatic heterocycles. The van der Waals surface area contributed by atoms with Crippen molar-refractivity contribution in [2.45, 2.75) is 58.2 Å². The molecule has 3 unspecified atom stereocenters. The maximum Gasteiger partial charge on any atom is 0.0637 e. The van der Waals surface area contributed by atoms with Crippen molar-refractivity contribution in [3.8, 4) is 0 Å². The highest BCUT2D eigenvalue weighted by atomic mass is 16.5. The Labute approximate surface area is 100 Å². The molecule has 1 aliphatic rings. The lowest BCUT2D eigenvalue weighted by molar-refractivity contribution is -0.0123. The van der Waals surface area contributed by atoms with E-state index in [-0.39, 0.29) is 5.60 Å². The highest BCUT2D eigenvalue weighted by Crippen LogP contribution is 2.23. The van der Waals surface area contributed by atoms with Crippen LogP contribution in [-0.4, -0.2) is 42.8 Å².